The Bertz CT molecular complexity index is 966. The van der Waals surface area contributed by atoms with Crippen molar-refractivity contribution in [2.24, 2.45) is 0 Å². The monoisotopic (exact) mass is 364 g/mol. The molecule has 2 aliphatic heterocycles. The highest BCUT2D eigenvalue weighted by Crippen LogP contribution is 2.36. The molecule has 0 radical (unpaired) electrons. The van der Waals surface area contributed by atoms with Gasteiger partial charge in [0.1, 0.15) is 11.7 Å². The number of H-pyrrole nitrogens is 1. The number of likely N-dealkylation sites (tertiary alicyclic amines) is 1. The molecule has 1 aromatic carbocycles. The number of para-hydroxylation sites is 1. The number of nitrogens with zero attached hydrogens (tertiary/aromatic N) is 3. The van der Waals surface area contributed by atoms with E-state index in [0.29, 0.717) is 31.1 Å². The molecule has 7 heteroatoms. The zero-order valence-corrected chi connectivity index (χ0v) is 14.8. The fraction of sp³-hybridized carbons (Fsp3) is 0.350. The van der Waals surface area contributed by atoms with Crippen LogP contribution in [-0.2, 0) is 4.74 Å². The topological polar surface area (TPSA) is 80.3 Å². The molecular weight excluding hydrogens is 344 g/mol. The highest BCUT2D eigenvalue weighted by Gasteiger charge is 2.50. The molecule has 0 aliphatic carbocycles. The van der Waals surface area contributed by atoms with Crippen LogP contribution < -0.4 is 4.74 Å². The summed E-state index contributed by atoms with van der Waals surface area (Å²) in [5.41, 5.74) is 1.37. The summed E-state index contributed by atoms with van der Waals surface area (Å²) in [6.07, 6.45) is 8.25. The molecule has 7 nitrogen and oxygen atoms in total. The second-order valence-electron chi connectivity index (χ2n) is 7.22. The van der Waals surface area contributed by atoms with Crippen molar-refractivity contribution in [1.29, 1.82) is 0 Å². The number of carbonyl (C=O) groups excluding carboxylic acids is 1. The van der Waals surface area contributed by atoms with E-state index in [1.54, 1.807) is 24.8 Å². The summed E-state index contributed by atoms with van der Waals surface area (Å²) in [6, 6.07) is 7.85. The van der Waals surface area contributed by atoms with Crippen LogP contribution in [0.2, 0.25) is 0 Å². The number of hydrogen-bond acceptors (Lipinski definition) is 5. The molecule has 4 heterocycles. The van der Waals surface area contributed by atoms with E-state index in [1.807, 2.05) is 29.2 Å². The highest BCUT2D eigenvalue weighted by atomic mass is 16.5. The average Bonchev–Trinajstić information content (AvgIpc) is 3.11. The summed E-state index contributed by atoms with van der Waals surface area (Å²) in [6.45, 7) is 1.80. The van der Waals surface area contributed by atoms with Gasteiger partial charge in [0.25, 0.3) is 5.91 Å². The van der Waals surface area contributed by atoms with E-state index >= 15 is 0 Å². The third-order valence-corrected chi connectivity index (χ3v) is 5.34. The maximum atomic E-state index is 12.9. The molecule has 1 amide bonds. The van der Waals surface area contributed by atoms with Gasteiger partial charge in [-0.15, -0.1) is 0 Å². The number of amides is 1. The number of rotatable bonds is 3. The van der Waals surface area contributed by atoms with E-state index in [-0.39, 0.29) is 17.6 Å². The fourth-order valence-corrected chi connectivity index (χ4v) is 4.03. The number of nitrogens with one attached hydrogen (secondary N) is 1. The first-order valence-corrected chi connectivity index (χ1v) is 9.14. The second-order valence-corrected chi connectivity index (χ2v) is 7.22. The van der Waals surface area contributed by atoms with Gasteiger partial charge < -0.3 is 19.4 Å². The van der Waals surface area contributed by atoms with Crippen molar-refractivity contribution in [3.63, 3.8) is 0 Å². The fourth-order valence-electron chi connectivity index (χ4n) is 4.03. The smallest absolute Gasteiger partial charge is 0.256 e. The van der Waals surface area contributed by atoms with Crippen LogP contribution >= 0.6 is 0 Å². The number of aromatic amines is 1. The SMILES string of the molecule is O=C(c1c[nH]c2ccccc12)N1CC2(C[C@@H](Oc3cnccn3)CCO2)C1. The Labute approximate surface area is 156 Å². The molecule has 0 bridgehead atoms. The lowest BCUT2D eigenvalue weighted by Gasteiger charge is -2.52. The number of fused-ring (bicyclic) bond motifs is 1. The number of benzene rings is 1. The second kappa shape index (κ2) is 6.35. The molecule has 1 atom stereocenters. The average molecular weight is 364 g/mol. The number of ether oxygens (including phenoxy) is 2. The highest BCUT2D eigenvalue weighted by molar-refractivity contribution is 6.07. The van der Waals surface area contributed by atoms with E-state index in [0.717, 1.165) is 23.7 Å². The first kappa shape index (κ1) is 16.3. The van der Waals surface area contributed by atoms with Gasteiger partial charge in [0.05, 0.1) is 31.5 Å². The third-order valence-electron chi connectivity index (χ3n) is 5.34. The van der Waals surface area contributed by atoms with E-state index in [2.05, 4.69) is 15.0 Å². The zero-order chi connectivity index (χ0) is 18.3. The Hall–Kier alpha value is -2.93. The van der Waals surface area contributed by atoms with Crippen molar-refractivity contribution in [3.8, 4) is 5.88 Å². The Balaban J connectivity index is 1.26. The molecule has 0 saturated carbocycles. The van der Waals surface area contributed by atoms with Gasteiger partial charge in [-0.2, -0.15) is 0 Å². The van der Waals surface area contributed by atoms with E-state index in [4.69, 9.17) is 9.47 Å². The van der Waals surface area contributed by atoms with Crippen LogP contribution in [0.3, 0.4) is 0 Å². The minimum Gasteiger partial charge on any atom is -0.473 e. The largest absolute Gasteiger partial charge is 0.473 e. The van der Waals surface area contributed by atoms with Crippen LogP contribution in [0.15, 0.2) is 49.1 Å². The van der Waals surface area contributed by atoms with E-state index in [9.17, 15) is 4.79 Å². The third kappa shape index (κ3) is 2.94. The Kier molecular flexibility index (Phi) is 3.82. The predicted molar refractivity (Wildman–Crippen MR) is 98.6 cm³/mol. The molecule has 0 unspecified atom stereocenters. The van der Waals surface area contributed by atoms with Crippen LogP contribution in [0.25, 0.3) is 10.9 Å². The van der Waals surface area contributed by atoms with Crippen molar-refractivity contribution in [1.82, 2.24) is 19.9 Å². The number of aromatic nitrogens is 3. The van der Waals surface area contributed by atoms with Gasteiger partial charge in [-0.3, -0.25) is 9.78 Å². The van der Waals surface area contributed by atoms with Crippen molar-refractivity contribution >= 4 is 16.8 Å². The summed E-state index contributed by atoms with van der Waals surface area (Å²) >= 11 is 0. The van der Waals surface area contributed by atoms with Crippen LogP contribution in [-0.4, -0.2) is 57.2 Å². The summed E-state index contributed by atoms with van der Waals surface area (Å²) in [5.74, 6) is 0.573. The van der Waals surface area contributed by atoms with Gasteiger partial charge in [-0.25, -0.2) is 4.98 Å². The maximum Gasteiger partial charge on any atom is 0.256 e. The van der Waals surface area contributed by atoms with Gasteiger partial charge in [0.2, 0.25) is 5.88 Å². The quantitative estimate of drug-likeness (QED) is 0.772. The Morgan fingerprint density at radius 1 is 1.30 bits per heavy atom. The minimum absolute atomic E-state index is 0.0285. The molecule has 3 aromatic rings. The van der Waals surface area contributed by atoms with Crippen LogP contribution in [0.1, 0.15) is 23.2 Å². The zero-order valence-electron chi connectivity index (χ0n) is 14.8. The molecule has 2 aromatic heterocycles. The molecule has 5 rings (SSSR count). The van der Waals surface area contributed by atoms with Gasteiger partial charge in [0.15, 0.2) is 0 Å². The van der Waals surface area contributed by atoms with Gasteiger partial charge in [-0.1, -0.05) is 18.2 Å². The van der Waals surface area contributed by atoms with Crippen molar-refractivity contribution in [2.75, 3.05) is 19.7 Å². The first-order chi connectivity index (χ1) is 13.2. The molecule has 2 aliphatic rings. The first-order valence-electron chi connectivity index (χ1n) is 9.14. The molecule has 2 fully saturated rings. The lowest BCUT2D eigenvalue weighted by Crippen LogP contribution is -2.67. The molecule has 1 N–H and O–H groups in total. The van der Waals surface area contributed by atoms with Gasteiger partial charge >= 0.3 is 0 Å². The summed E-state index contributed by atoms with van der Waals surface area (Å²) in [7, 11) is 0. The maximum absolute atomic E-state index is 12.9. The summed E-state index contributed by atoms with van der Waals surface area (Å²) < 4.78 is 12.0. The Morgan fingerprint density at radius 3 is 3.04 bits per heavy atom. The molecular formula is C20H20N4O3. The van der Waals surface area contributed by atoms with Crippen LogP contribution in [0.5, 0.6) is 5.88 Å². The number of hydrogen-bond donors (Lipinski definition) is 1. The molecule has 27 heavy (non-hydrogen) atoms. The van der Waals surface area contributed by atoms with Crippen molar-refractivity contribution < 1.29 is 14.3 Å². The molecule has 138 valence electrons. The van der Waals surface area contributed by atoms with Crippen LogP contribution in [0.4, 0.5) is 0 Å². The summed E-state index contributed by atoms with van der Waals surface area (Å²) in [5, 5.41) is 0.955. The lowest BCUT2D eigenvalue weighted by atomic mass is 9.84. The van der Waals surface area contributed by atoms with Gasteiger partial charge in [-0.05, 0) is 6.07 Å². The van der Waals surface area contributed by atoms with Crippen molar-refractivity contribution in [2.45, 2.75) is 24.5 Å². The van der Waals surface area contributed by atoms with Gasteiger partial charge in [0, 0.05) is 42.3 Å². The normalized spacial score (nSPS) is 21.2. The van der Waals surface area contributed by atoms with E-state index < -0.39 is 0 Å². The lowest BCUT2D eigenvalue weighted by molar-refractivity contribution is -0.174. The summed E-state index contributed by atoms with van der Waals surface area (Å²) in [4.78, 5) is 26.1. The van der Waals surface area contributed by atoms with E-state index in [1.165, 1.54) is 0 Å². The van der Waals surface area contributed by atoms with Crippen molar-refractivity contribution in [3.05, 3.63) is 54.6 Å². The molecule has 2 saturated heterocycles. The Morgan fingerprint density at radius 2 is 2.19 bits per heavy atom. The molecule has 1 spiro atoms. The number of carbonyl (C=O) groups is 1. The van der Waals surface area contributed by atoms with Crippen LogP contribution in [0, 0.1) is 0 Å². The predicted octanol–water partition coefficient (Wildman–Crippen LogP) is 2.41. The standard InChI is InChI=1S/C20H20N4O3/c25-19(16-10-23-17-4-2-1-3-15(16)17)24-12-20(13-24)9-14(5-8-26-20)27-18-11-21-6-7-22-18/h1-4,6-7,10-11,14,23H,5,8-9,12-13H2/t14-/m0/s1. The minimum atomic E-state index is -0.313.